The normalized spacial score (nSPS) is 15.1. The molecule has 12 heteroatoms. The van der Waals surface area contributed by atoms with E-state index in [0.717, 1.165) is 0 Å². The van der Waals surface area contributed by atoms with E-state index in [1.165, 1.54) is 24.4 Å². The van der Waals surface area contributed by atoms with Gasteiger partial charge < -0.3 is 24.6 Å². The predicted molar refractivity (Wildman–Crippen MR) is 129 cm³/mol. The molecule has 0 saturated carbocycles. The first kappa shape index (κ1) is 26.1. The molecule has 2 N–H and O–H groups in total. The monoisotopic (exact) mass is 517 g/mol. The van der Waals surface area contributed by atoms with Crippen LogP contribution in [0.25, 0.3) is 11.5 Å². The van der Waals surface area contributed by atoms with Crippen molar-refractivity contribution in [1.82, 2.24) is 14.9 Å². The number of pyridine rings is 1. The molecule has 3 aromatic rings. The molecule has 0 spiro atoms. The minimum Gasteiger partial charge on any atom is -0.430 e. The Hall–Kier alpha value is -3.93. The van der Waals surface area contributed by atoms with Crippen LogP contribution in [-0.4, -0.2) is 64.1 Å². The highest BCUT2D eigenvalue weighted by Crippen LogP contribution is 2.34. The summed E-state index contributed by atoms with van der Waals surface area (Å²) in [6, 6.07) is 11.1. The first-order chi connectivity index (χ1) is 17.5. The van der Waals surface area contributed by atoms with E-state index in [1.807, 2.05) is 4.90 Å². The Kier molecular flexibility index (Phi) is 7.48. The van der Waals surface area contributed by atoms with E-state index in [2.05, 4.69) is 15.3 Å². The number of carbonyl (C=O) groups excluding carboxylic acids is 2. The van der Waals surface area contributed by atoms with Gasteiger partial charge in [0.05, 0.1) is 11.9 Å². The Bertz CT molecular complexity index is 1240. The number of halogens is 3. The molecule has 1 aliphatic heterocycles. The summed E-state index contributed by atoms with van der Waals surface area (Å²) in [5.41, 5.74) is -0.935. The number of anilines is 2. The molecule has 2 amide bonds. The maximum absolute atomic E-state index is 13.5. The van der Waals surface area contributed by atoms with Crippen LogP contribution in [0.1, 0.15) is 30.1 Å². The summed E-state index contributed by atoms with van der Waals surface area (Å²) < 4.78 is 45.8. The number of oxazole rings is 1. The third-order valence-electron chi connectivity index (χ3n) is 5.93. The molecule has 37 heavy (non-hydrogen) atoms. The van der Waals surface area contributed by atoms with Crippen molar-refractivity contribution in [3.05, 3.63) is 60.1 Å². The first-order valence-corrected chi connectivity index (χ1v) is 11.7. The van der Waals surface area contributed by atoms with Crippen molar-refractivity contribution in [1.29, 1.82) is 0 Å². The minimum absolute atomic E-state index is 0.174. The topological polar surface area (TPSA) is 112 Å². The van der Waals surface area contributed by atoms with E-state index in [4.69, 9.17) is 4.42 Å². The van der Waals surface area contributed by atoms with Gasteiger partial charge in [-0.1, -0.05) is 32.0 Å². The lowest BCUT2D eigenvalue weighted by Gasteiger charge is -2.36. The van der Waals surface area contributed by atoms with Crippen molar-refractivity contribution >= 4 is 23.3 Å². The van der Waals surface area contributed by atoms with Crippen LogP contribution in [0.4, 0.5) is 24.7 Å². The quantitative estimate of drug-likeness (QED) is 0.513. The van der Waals surface area contributed by atoms with Gasteiger partial charge in [-0.3, -0.25) is 9.59 Å². The number of nitrogens with zero attached hydrogens (tertiary/aromatic N) is 4. The molecule has 4 rings (SSSR count). The van der Waals surface area contributed by atoms with Gasteiger partial charge in [-0.15, -0.1) is 0 Å². The van der Waals surface area contributed by atoms with E-state index in [0.29, 0.717) is 37.6 Å². The maximum atomic E-state index is 13.5. The molecule has 3 heterocycles. The van der Waals surface area contributed by atoms with Gasteiger partial charge in [0.25, 0.3) is 11.8 Å². The van der Waals surface area contributed by atoms with Crippen molar-refractivity contribution < 1.29 is 32.3 Å². The zero-order valence-corrected chi connectivity index (χ0v) is 20.2. The number of alkyl halides is 3. The second kappa shape index (κ2) is 10.6. The molecule has 0 radical (unpaired) electrons. The number of piperazine rings is 1. The van der Waals surface area contributed by atoms with Crippen LogP contribution in [0.15, 0.2) is 53.1 Å². The van der Waals surface area contributed by atoms with Gasteiger partial charge >= 0.3 is 6.18 Å². The molecule has 2 aromatic heterocycles. The van der Waals surface area contributed by atoms with Crippen LogP contribution in [0.2, 0.25) is 0 Å². The summed E-state index contributed by atoms with van der Waals surface area (Å²) in [4.78, 5) is 36.4. The molecule has 1 aliphatic rings. The first-order valence-electron chi connectivity index (χ1n) is 11.7. The molecule has 0 unspecified atom stereocenters. The second-order valence-electron chi connectivity index (χ2n) is 8.92. The number of hydrogen-bond acceptors (Lipinski definition) is 7. The molecule has 1 aromatic carbocycles. The van der Waals surface area contributed by atoms with Gasteiger partial charge in [-0.25, -0.2) is 9.97 Å². The lowest BCUT2D eigenvalue weighted by Crippen LogP contribution is -2.52. The van der Waals surface area contributed by atoms with E-state index in [1.54, 1.807) is 43.0 Å². The fourth-order valence-corrected chi connectivity index (χ4v) is 3.83. The number of rotatable bonds is 6. The lowest BCUT2D eigenvalue weighted by atomic mass is 10.1. The van der Waals surface area contributed by atoms with E-state index in [9.17, 15) is 27.9 Å². The molecular formula is C25H26F3N5O4. The number of aromatic nitrogens is 2. The van der Waals surface area contributed by atoms with Gasteiger partial charge in [0.15, 0.2) is 5.69 Å². The summed E-state index contributed by atoms with van der Waals surface area (Å²) in [6.45, 7) is 5.36. The predicted octanol–water partition coefficient (Wildman–Crippen LogP) is 3.67. The van der Waals surface area contributed by atoms with Crippen LogP contribution >= 0.6 is 0 Å². The number of aliphatic hydroxyl groups excluding tert-OH is 1. The lowest BCUT2D eigenvalue weighted by molar-refractivity contribution is -0.143. The van der Waals surface area contributed by atoms with E-state index in [-0.39, 0.29) is 23.4 Å². The molecule has 9 nitrogen and oxygen atoms in total. The Balaban J connectivity index is 1.42. The van der Waals surface area contributed by atoms with E-state index < -0.39 is 29.6 Å². The highest BCUT2D eigenvalue weighted by molar-refractivity contribution is 6.03. The number of benzene rings is 1. The van der Waals surface area contributed by atoms with Crippen molar-refractivity contribution in [2.45, 2.75) is 26.1 Å². The smallest absolute Gasteiger partial charge is 0.430 e. The van der Waals surface area contributed by atoms with Crippen molar-refractivity contribution in [2.24, 2.45) is 5.92 Å². The molecule has 0 bridgehead atoms. The van der Waals surface area contributed by atoms with Gasteiger partial charge in [-0.05, 0) is 30.2 Å². The molecule has 1 atom stereocenters. The number of carbonyl (C=O) groups is 2. The summed E-state index contributed by atoms with van der Waals surface area (Å²) in [7, 11) is 0. The minimum atomic E-state index is -4.89. The SMILES string of the molecule is CC(C)[C@H](O)C(=O)N1CCN(c2ccc(NC(=O)c3oc(-c4ccccc4)nc3C(F)(F)F)cn2)CC1. The third-order valence-corrected chi connectivity index (χ3v) is 5.93. The number of amides is 2. The summed E-state index contributed by atoms with van der Waals surface area (Å²) in [5.74, 6) is -2.26. The van der Waals surface area contributed by atoms with Crippen molar-refractivity contribution in [3.8, 4) is 11.5 Å². The number of nitrogens with one attached hydrogen (secondary N) is 1. The highest BCUT2D eigenvalue weighted by Gasteiger charge is 2.41. The number of hydrogen-bond donors (Lipinski definition) is 2. The van der Waals surface area contributed by atoms with Crippen LogP contribution in [-0.2, 0) is 11.0 Å². The van der Waals surface area contributed by atoms with Gasteiger partial charge in [-0.2, -0.15) is 13.2 Å². The maximum Gasteiger partial charge on any atom is 0.437 e. The van der Waals surface area contributed by atoms with Crippen LogP contribution in [0.5, 0.6) is 0 Å². The molecule has 1 fully saturated rings. The summed E-state index contributed by atoms with van der Waals surface area (Å²) in [5, 5.41) is 12.4. The standard InChI is InChI=1S/C25H26F3N5O4/c1-15(2)19(34)24(36)33-12-10-32(11-13-33)18-9-8-17(14-29-18)30-22(35)20-21(25(26,27)28)31-23(37-20)16-6-4-3-5-7-16/h3-9,14-15,19,34H,10-13H2,1-2H3,(H,30,35)/t19-/m0/s1. The van der Waals surface area contributed by atoms with Gasteiger partial charge in [0.2, 0.25) is 11.7 Å². The zero-order chi connectivity index (χ0) is 26.7. The average molecular weight is 518 g/mol. The van der Waals surface area contributed by atoms with Crippen LogP contribution in [0.3, 0.4) is 0 Å². The molecular weight excluding hydrogens is 491 g/mol. The van der Waals surface area contributed by atoms with E-state index >= 15 is 0 Å². The summed E-state index contributed by atoms with van der Waals surface area (Å²) >= 11 is 0. The Morgan fingerprint density at radius 1 is 1.05 bits per heavy atom. The molecule has 0 aliphatic carbocycles. The van der Waals surface area contributed by atoms with Crippen LogP contribution < -0.4 is 10.2 Å². The summed E-state index contributed by atoms with van der Waals surface area (Å²) in [6.07, 6.45) is -4.60. The zero-order valence-electron chi connectivity index (χ0n) is 20.2. The Morgan fingerprint density at radius 3 is 2.30 bits per heavy atom. The highest BCUT2D eigenvalue weighted by atomic mass is 19.4. The van der Waals surface area contributed by atoms with Gasteiger partial charge in [0, 0.05) is 31.7 Å². The molecule has 196 valence electrons. The fourth-order valence-electron chi connectivity index (χ4n) is 3.83. The van der Waals surface area contributed by atoms with Crippen LogP contribution in [0, 0.1) is 5.92 Å². The largest absolute Gasteiger partial charge is 0.437 e. The second-order valence-corrected chi connectivity index (χ2v) is 8.92. The van der Waals surface area contributed by atoms with Gasteiger partial charge in [0.1, 0.15) is 11.9 Å². The fraction of sp³-hybridized carbons (Fsp3) is 0.360. The van der Waals surface area contributed by atoms with Crippen molar-refractivity contribution in [2.75, 3.05) is 36.4 Å². The molecule has 1 saturated heterocycles. The average Bonchev–Trinajstić information content (AvgIpc) is 3.36. The van der Waals surface area contributed by atoms with Crippen molar-refractivity contribution in [3.63, 3.8) is 0 Å². The number of aliphatic hydroxyl groups is 1. The Labute approximate surface area is 210 Å². The third kappa shape index (κ3) is 5.91. The Morgan fingerprint density at radius 2 is 1.73 bits per heavy atom.